The zero-order valence-electron chi connectivity index (χ0n) is 10.5. The molecule has 5 heteroatoms. The van der Waals surface area contributed by atoms with E-state index in [0.717, 1.165) is 12.2 Å². The minimum absolute atomic E-state index is 0.105. The number of halogens is 1. The van der Waals surface area contributed by atoms with Crippen molar-refractivity contribution < 1.29 is 4.79 Å². The number of piperazine rings is 1. The van der Waals surface area contributed by atoms with E-state index in [4.69, 9.17) is 11.6 Å². The van der Waals surface area contributed by atoms with Crippen LogP contribution in [0.4, 0.5) is 5.69 Å². The van der Waals surface area contributed by atoms with Crippen LogP contribution in [-0.2, 0) is 4.79 Å². The van der Waals surface area contributed by atoms with Gasteiger partial charge in [-0.3, -0.25) is 9.69 Å². The second-order valence-electron chi connectivity index (χ2n) is 3.62. The molecule has 1 aliphatic heterocycles. The van der Waals surface area contributed by atoms with E-state index in [-0.39, 0.29) is 5.91 Å². The van der Waals surface area contributed by atoms with Crippen LogP contribution in [0, 0.1) is 0 Å². The van der Waals surface area contributed by atoms with E-state index in [1.165, 1.54) is 0 Å². The number of carbonyl (C=O) groups excluding carboxylic acids is 1. The average molecular weight is 256 g/mol. The number of rotatable bonds is 1. The molecule has 2 rings (SSSR count). The third-order valence-corrected chi connectivity index (χ3v) is 2.66. The molecule has 0 radical (unpaired) electrons. The Kier molecular flexibility index (Phi) is 5.38. The van der Waals surface area contributed by atoms with Crippen molar-refractivity contribution in [3.8, 4) is 0 Å². The molecule has 2 heterocycles. The van der Waals surface area contributed by atoms with Gasteiger partial charge in [0.25, 0.3) is 0 Å². The van der Waals surface area contributed by atoms with Gasteiger partial charge in [0.05, 0.1) is 18.4 Å². The van der Waals surface area contributed by atoms with Crippen molar-refractivity contribution in [2.45, 2.75) is 13.8 Å². The predicted octanol–water partition coefficient (Wildman–Crippen LogP) is 2.04. The molecule has 1 aliphatic rings. The minimum atomic E-state index is 0.105. The van der Waals surface area contributed by atoms with E-state index in [1.807, 2.05) is 31.9 Å². The number of carbonyl (C=O) groups is 1. The molecule has 0 spiro atoms. The van der Waals surface area contributed by atoms with Gasteiger partial charge in [0.2, 0.25) is 5.91 Å². The van der Waals surface area contributed by atoms with Crippen LogP contribution >= 0.6 is 11.6 Å². The van der Waals surface area contributed by atoms with Crippen LogP contribution in [0.3, 0.4) is 0 Å². The maximum atomic E-state index is 11.7. The SMILES string of the molecule is CC.CN1CCN(c2ccc(Cl)nc2)C(=O)C1. The number of hydrogen-bond acceptors (Lipinski definition) is 3. The van der Waals surface area contributed by atoms with Gasteiger partial charge in [-0.25, -0.2) is 4.98 Å². The predicted molar refractivity (Wildman–Crippen MR) is 70.4 cm³/mol. The fourth-order valence-corrected chi connectivity index (χ4v) is 1.70. The quantitative estimate of drug-likeness (QED) is 0.721. The fraction of sp³-hybridized carbons (Fsp3) is 0.500. The number of likely N-dealkylation sites (N-methyl/N-ethyl adjacent to an activating group) is 1. The van der Waals surface area contributed by atoms with Gasteiger partial charge in [-0.2, -0.15) is 0 Å². The Labute approximate surface area is 107 Å². The molecule has 0 N–H and O–H groups in total. The van der Waals surface area contributed by atoms with Gasteiger partial charge in [0, 0.05) is 13.1 Å². The Morgan fingerprint density at radius 3 is 2.53 bits per heavy atom. The second kappa shape index (κ2) is 6.57. The highest BCUT2D eigenvalue weighted by atomic mass is 35.5. The van der Waals surface area contributed by atoms with Crippen LogP contribution in [-0.4, -0.2) is 42.5 Å². The van der Waals surface area contributed by atoms with Crippen LogP contribution in [0.2, 0.25) is 5.15 Å². The van der Waals surface area contributed by atoms with Gasteiger partial charge < -0.3 is 4.90 Å². The van der Waals surface area contributed by atoms with E-state index < -0.39 is 0 Å². The third kappa shape index (κ3) is 3.68. The molecule has 1 saturated heterocycles. The summed E-state index contributed by atoms with van der Waals surface area (Å²) < 4.78 is 0. The summed E-state index contributed by atoms with van der Waals surface area (Å²) in [6.07, 6.45) is 1.63. The highest BCUT2D eigenvalue weighted by Gasteiger charge is 2.22. The van der Waals surface area contributed by atoms with E-state index in [2.05, 4.69) is 4.98 Å². The Balaban J connectivity index is 0.000000686. The number of nitrogens with zero attached hydrogens (tertiary/aromatic N) is 3. The fourth-order valence-electron chi connectivity index (χ4n) is 1.59. The lowest BCUT2D eigenvalue weighted by Gasteiger charge is -2.31. The molecule has 0 bridgehead atoms. The van der Waals surface area contributed by atoms with Gasteiger partial charge in [-0.05, 0) is 19.2 Å². The van der Waals surface area contributed by atoms with Gasteiger partial charge in [-0.1, -0.05) is 25.4 Å². The molecule has 0 aromatic carbocycles. The van der Waals surface area contributed by atoms with E-state index >= 15 is 0 Å². The molecule has 0 aliphatic carbocycles. The highest BCUT2D eigenvalue weighted by Crippen LogP contribution is 2.17. The standard InChI is InChI=1S/C10H12ClN3O.C2H6/c1-13-4-5-14(10(15)7-13)8-2-3-9(11)12-6-8;1-2/h2-3,6H,4-5,7H2,1H3;1-2H3. The number of hydrogen-bond donors (Lipinski definition) is 0. The van der Waals surface area contributed by atoms with Gasteiger partial charge in [-0.15, -0.1) is 0 Å². The van der Waals surface area contributed by atoms with Gasteiger partial charge in [0.15, 0.2) is 0 Å². The lowest BCUT2D eigenvalue weighted by molar-refractivity contribution is -0.120. The van der Waals surface area contributed by atoms with Crippen molar-refractivity contribution >= 4 is 23.2 Å². The van der Waals surface area contributed by atoms with Crippen molar-refractivity contribution in [3.05, 3.63) is 23.5 Å². The van der Waals surface area contributed by atoms with Crippen molar-refractivity contribution in [2.24, 2.45) is 0 Å². The first kappa shape index (κ1) is 13.9. The third-order valence-electron chi connectivity index (χ3n) is 2.44. The molecule has 4 nitrogen and oxygen atoms in total. The minimum Gasteiger partial charge on any atom is -0.308 e. The lowest BCUT2D eigenvalue weighted by Crippen LogP contribution is -2.48. The first-order valence-corrected chi connectivity index (χ1v) is 6.15. The topological polar surface area (TPSA) is 36.4 Å². The largest absolute Gasteiger partial charge is 0.308 e. The Bertz CT molecular complexity index is 367. The summed E-state index contributed by atoms with van der Waals surface area (Å²) in [5.41, 5.74) is 0.817. The molecule has 17 heavy (non-hydrogen) atoms. The van der Waals surface area contributed by atoms with E-state index in [9.17, 15) is 4.79 Å². The summed E-state index contributed by atoms with van der Waals surface area (Å²) in [5, 5.41) is 0.445. The molecule has 94 valence electrons. The van der Waals surface area contributed by atoms with Crippen molar-refractivity contribution in [1.29, 1.82) is 0 Å². The van der Waals surface area contributed by atoms with E-state index in [0.29, 0.717) is 18.2 Å². The van der Waals surface area contributed by atoms with Crippen LogP contribution in [0.15, 0.2) is 18.3 Å². The molecule has 0 atom stereocenters. The highest BCUT2D eigenvalue weighted by molar-refractivity contribution is 6.29. The summed E-state index contributed by atoms with van der Waals surface area (Å²) in [6.45, 7) is 6.05. The number of pyridine rings is 1. The first-order chi connectivity index (χ1) is 8.16. The number of amides is 1. The summed E-state index contributed by atoms with van der Waals surface area (Å²) in [6, 6.07) is 3.51. The Morgan fingerprint density at radius 2 is 2.00 bits per heavy atom. The molecule has 1 aromatic heterocycles. The zero-order valence-corrected chi connectivity index (χ0v) is 11.2. The molecule has 1 fully saturated rings. The van der Waals surface area contributed by atoms with Crippen molar-refractivity contribution in [2.75, 3.05) is 31.6 Å². The maximum absolute atomic E-state index is 11.7. The van der Waals surface area contributed by atoms with Crippen molar-refractivity contribution in [3.63, 3.8) is 0 Å². The smallest absolute Gasteiger partial charge is 0.241 e. The van der Waals surface area contributed by atoms with E-state index in [1.54, 1.807) is 17.2 Å². The summed E-state index contributed by atoms with van der Waals surface area (Å²) in [7, 11) is 1.94. The van der Waals surface area contributed by atoms with Gasteiger partial charge >= 0.3 is 0 Å². The van der Waals surface area contributed by atoms with Gasteiger partial charge in [0.1, 0.15) is 5.15 Å². The monoisotopic (exact) mass is 255 g/mol. The van der Waals surface area contributed by atoms with Crippen LogP contribution in [0.1, 0.15) is 13.8 Å². The first-order valence-electron chi connectivity index (χ1n) is 5.77. The zero-order chi connectivity index (χ0) is 12.8. The lowest BCUT2D eigenvalue weighted by atomic mass is 10.3. The van der Waals surface area contributed by atoms with Crippen LogP contribution < -0.4 is 4.90 Å². The maximum Gasteiger partial charge on any atom is 0.241 e. The van der Waals surface area contributed by atoms with Crippen LogP contribution in [0.5, 0.6) is 0 Å². The molecular weight excluding hydrogens is 238 g/mol. The average Bonchev–Trinajstić information content (AvgIpc) is 2.33. The Morgan fingerprint density at radius 1 is 1.29 bits per heavy atom. The number of anilines is 1. The summed E-state index contributed by atoms with van der Waals surface area (Å²) >= 11 is 5.69. The number of aromatic nitrogens is 1. The molecule has 0 saturated carbocycles. The van der Waals surface area contributed by atoms with Crippen LogP contribution in [0.25, 0.3) is 0 Å². The Hall–Kier alpha value is -1.13. The second-order valence-corrected chi connectivity index (χ2v) is 4.01. The molecule has 1 amide bonds. The summed E-state index contributed by atoms with van der Waals surface area (Å²) in [5.74, 6) is 0.105. The molecular formula is C12H18ClN3O. The van der Waals surface area contributed by atoms with Crippen molar-refractivity contribution in [1.82, 2.24) is 9.88 Å². The molecule has 0 unspecified atom stereocenters. The molecule has 1 aromatic rings. The summed E-state index contributed by atoms with van der Waals surface area (Å²) in [4.78, 5) is 19.4. The normalized spacial score (nSPS) is 16.5.